The van der Waals surface area contributed by atoms with Gasteiger partial charge in [0.25, 0.3) is 0 Å². The second-order valence-electron chi connectivity index (χ2n) is 5.36. The molecule has 2 rings (SSSR count). The molecule has 0 heterocycles. The summed E-state index contributed by atoms with van der Waals surface area (Å²) in [6, 6.07) is 7.60. The molecule has 0 saturated heterocycles. The number of halogens is 1. The lowest BCUT2D eigenvalue weighted by Crippen LogP contribution is -2.31. The van der Waals surface area contributed by atoms with Gasteiger partial charge in [0.05, 0.1) is 5.25 Å². The second-order valence-corrected chi connectivity index (χ2v) is 7.21. The van der Waals surface area contributed by atoms with Gasteiger partial charge in [-0.2, -0.15) is 0 Å². The van der Waals surface area contributed by atoms with Crippen molar-refractivity contribution in [2.24, 2.45) is 0 Å². The highest BCUT2D eigenvalue weighted by Crippen LogP contribution is 2.25. The molecule has 4 heteroatoms. The lowest BCUT2D eigenvalue weighted by atomic mass is 9.97. The summed E-state index contributed by atoms with van der Waals surface area (Å²) in [5.41, 5.74) is 1.50. The van der Waals surface area contributed by atoms with Crippen molar-refractivity contribution in [1.29, 1.82) is 0 Å². The van der Waals surface area contributed by atoms with Crippen molar-refractivity contribution < 1.29 is 4.79 Å². The number of rotatable bonds is 6. The first-order valence-corrected chi connectivity index (χ1v) is 8.79. The Morgan fingerprint density at radius 2 is 2.10 bits per heavy atom. The molecule has 1 aliphatic carbocycles. The molecule has 0 saturated carbocycles. The van der Waals surface area contributed by atoms with Gasteiger partial charge in [-0.1, -0.05) is 23.3 Å². The minimum Gasteiger partial charge on any atom is -0.355 e. The fourth-order valence-corrected chi connectivity index (χ4v) is 3.41. The Labute approximate surface area is 136 Å². The van der Waals surface area contributed by atoms with Crippen LogP contribution in [0.4, 0.5) is 0 Å². The van der Waals surface area contributed by atoms with Crippen LogP contribution in [0, 0.1) is 0 Å². The standard InChI is InChI=1S/C17H22ClNOS/c1-13(21-16-9-7-15(18)8-10-16)17(20)19-12-11-14-5-3-2-4-6-14/h5,7-10,13H,2-4,6,11-12H2,1H3,(H,19,20). The van der Waals surface area contributed by atoms with E-state index in [-0.39, 0.29) is 11.2 Å². The molecule has 1 amide bonds. The van der Waals surface area contributed by atoms with Crippen LogP contribution >= 0.6 is 23.4 Å². The predicted octanol–water partition coefficient (Wildman–Crippen LogP) is 4.83. The molecule has 114 valence electrons. The van der Waals surface area contributed by atoms with Gasteiger partial charge in [-0.3, -0.25) is 4.79 Å². The second kappa shape index (κ2) is 8.50. The minimum absolute atomic E-state index is 0.0912. The fraction of sp³-hybridized carbons (Fsp3) is 0.471. The maximum atomic E-state index is 12.1. The first kappa shape index (κ1) is 16.4. The number of hydrogen-bond acceptors (Lipinski definition) is 2. The molecular formula is C17H22ClNOS. The number of carbonyl (C=O) groups excluding carboxylic acids is 1. The molecule has 1 N–H and O–H groups in total. The van der Waals surface area contributed by atoms with Gasteiger partial charge in [0.2, 0.25) is 5.91 Å². The Bertz CT molecular complexity index is 498. The van der Waals surface area contributed by atoms with E-state index >= 15 is 0 Å². The van der Waals surface area contributed by atoms with Gasteiger partial charge in [-0.05, 0) is 63.3 Å². The van der Waals surface area contributed by atoms with Crippen molar-refractivity contribution in [2.75, 3.05) is 6.54 Å². The van der Waals surface area contributed by atoms with Crippen molar-refractivity contribution in [3.8, 4) is 0 Å². The third-order valence-corrected chi connectivity index (χ3v) is 4.99. The molecule has 21 heavy (non-hydrogen) atoms. The number of nitrogens with one attached hydrogen (secondary N) is 1. The number of amides is 1. The van der Waals surface area contributed by atoms with E-state index in [1.807, 2.05) is 31.2 Å². The molecule has 1 atom stereocenters. The van der Waals surface area contributed by atoms with Crippen LogP contribution in [0.15, 0.2) is 40.8 Å². The number of thioether (sulfide) groups is 1. The van der Waals surface area contributed by atoms with Crippen LogP contribution in [0.3, 0.4) is 0 Å². The normalized spacial score (nSPS) is 16.2. The first-order chi connectivity index (χ1) is 10.1. The van der Waals surface area contributed by atoms with Crippen molar-refractivity contribution in [3.05, 3.63) is 40.9 Å². The lowest BCUT2D eigenvalue weighted by Gasteiger charge is -2.15. The third-order valence-electron chi connectivity index (χ3n) is 3.63. The number of carbonyl (C=O) groups is 1. The highest BCUT2D eigenvalue weighted by Gasteiger charge is 2.14. The molecule has 1 unspecified atom stereocenters. The summed E-state index contributed by atoms with van der Waals surface area (Å²) in [5, 5.41) is 3.66. The molecule has 1 aromatic rings. The smallest absolute Gasteiger partial charge is 0.233 e. The molecule has 0 bridgehead atoms. The molecule has 0 radical (unpaired) electrons. The van der Waals surface area contributed by atoms with Gasteiger partial charge in [-0.15, -0.1) is 11.8 Å². The van der Waals surface area contributed by atoms with E-state index in [1.165, 1.54) is 31.3 Å². The summed E-state index contributed by atoms with van der Waals surface area (Å²) >= 11 is 7.42. The van der Waals surface area contributed by atoms with Crippen LogP contribution in [0.1, 0.15) is 39.0 Å². The molecule has 2 nitrogen and oxygen atoms in total. The number of hydrogen-bond donors (Lipinski definition) is 1. The first-order valence-electron chi connectivity index (χ1n) is 7.53. The van der Waals surface area contributed by atoms with E-state index in [2.05, 4.69) is 11.4 Å². The highest BCUT2D eigenvalue weighted by atomic mass is 35.5. The zero-order valence-corrected chi connectivity index (χ0v) is 14.0. The van der Waals surface area contributed by atoms with Crippen LogP contribution in [0.2, 0.25) is 5.02 Å². The Morgan fingerprint density at radius 3 is 2.76 bits per heavy atom. The quantitative estimate of drug-likeness (QED) is 0.600. The Balaban J connectivity index is 1.72. The number of allylic oxidation sites excluding steroid dienone is 1. The molecule has 1 aliphatic rings. The monoisotopic (exact) mass is 323 g/mol. The highest BCUT2D eigenvalue weighted by molar-refractivity contribution is 8.00. The van der Waals surface area contributed by atoms with E-state index in [9.17, 15) is 4.79 Å². The van der Waals surface area contributed by atoms with Gasteiger partial charge in [0.15, 0.2) is 0 Å². The molecule has 1 aromatic carbocycles. The van der Waals surface area contributed by atoms with Crippen LogP contribution in [0.25, 0.3) is 0 Å². The topological polar surface area (TPSA) is 29.1 Å². The average Bonchev–Trinajstić information content (AvgIpc) is 2.50. The zero-order chi connectivity index (χ0) is 15.1. The summed E-state index contributed by atoms with van der Waals surface area (Å²) in [7, 11) is 0. The van der Waals surface area contributed by atoms with Crippen LogP contribution in [-0.2, 0) is 4.79 Å². The van der Waals surface area contributed by atoms with Crippen molar-refractivity contribution in [2.45, 2.75) is 49.2 Å². The Hall–Kier alpha value is -0.930. The third kappa shape index (κ3) is 5.76. The average molecular weight is 324 g/mol. The summed E-state index contributed by atoms with van der Waals surface area (Å²) in [6.07, 6.45) is 8.33. The van der Waals surface area contributed by atoms with E-state index in [0.717, 1.165) is 22.9 Å². The van der Waals surface area contributed by atoms with Gasteiger partial charge in [0.1, 0.15) is 0 Å². The predicted molar refractivity (Wildman–Crippen MR) is 90.9 cm³/mol. The van der Waals surface area contributed by atoms with E-state index in [0.29, 0.717) is 0 Å². The van der Waals surface area contributed by atoms with Crippen molar-refractivity contribution >= 4 is 29.3 Å². The molecular weight excluding hydrogens is 302 g/mol. The maximum Gasteiger partial charge on any atom is 0.233 e. The van der Waals surface area contributed by atoms with Crippen LogP contribution in [0.5, 0.6) is 0 Å². The molecule has 0 spiro atoms. The van der Waals surface area contributed by atoms with E-state index in [1.54, 1.807) is 11.8 Å². The van der Waals surface area contributed by atoms with Gasteiger partial charge < -0.3 is 5.32 Å². The fourth-order valence-electron chi connectivity index (χ4n) is 2.39. The Kier molecular flexibility index (Phi) is 6.65. The summed E-state index contributed by atoms with van der Waals surface area (Å²) < 4.78 is 0. The summed E-state index contributed by atoms with van der Waals surface area (Å²) in [4.78, 5) is 13.1. The van der Waals surface area contributed by atoms with Gasteiger partial charge in [0, 0.05) is 16.5 Å². The zero-order valence-electron chi connectivity index (χ0n) is 12.4. The molecule has 0 fully saturated rings. The summed E-state index contributed by atoms with van der Waals surface area (Å²) in [5.74, 6) is 0.103. The van der Waals surface area contributed by atoms with Crippen LogP contribution < -0.4 is 5.32 Å². The van der Waals surface area contributed by atoms with E-state index in [4.69, 9.17) is 11.6 Å². The molecule has 0 aliphatic heterocycles. The maximum absolute atomic E-state index is 12.1. The van der Waals surface area contributed by atoms with Crippen molar-refractivity contribution in [1.82, 2.24) is 5.32 Å². The number of benzene rings is 1. The SMILES string of the molecule is CC(Sc1ccc(Cl)cc1)C(=O)NCCC1=CCCCC1. The largest absolute Gasteiger partial charge is 0.355 e. The minimum atomic E-state index is -0.0912. The van der Waals surface area contributed by atoms with Gasteiger partial charge >= 0.3 is 0 Å². The van der Waals surface area contributed by atoms with E-state index < -0.39 is 0 Å². The molecule has 0 aromatic heterocycles. The Morgan fingerprint density at radius 1 is 1.33 bits per heavy atom. The summed E-state index contributed by atoms with van der Waals surface area (Å²) in [6.45, 7) is 2.69. The van der Waals surface area contributed by atoms with Crippen LogP contribution in [-0.4, -0.2) is 17.7 Å². The van der Waals surface area contributed by atoms with Gasteiger partial charge in [-0.25, -0.2) is 0 Å². The van der Waals surface area contributed by atoms with Crippen molar-refractivity contribution in [3.63, 3.8) is 0 Å². The lowest BCUT2D eigenvalue weighted by molar-refractivity contribution is -0.120.